The third kappa shape index (κ3) is 11.0. The molecule has 0 spiro atoms. The van der Waals surface area contributed by atoms with E-state index >= 15 is 0 Å². The van der Waals surface area contributed by atoms with Crippen molar-refractivity contribution in [3.05, 3.63) is 53.4 Å². The average molecular weight is 789 g/mol. The zero-order valence-electron chi connectivity index (χ0n) is 27.7. The highest BCUT2D eigenvalue weighted by Gasteiger charge is 2.33. The zero-order valence-corrected chi connectivity index (χ0v) is 32.2. The van der Waals surface area contributed by atoms with E-state index in [1.54, 1.807) is 0 Å². The first kappa shape index (κ1) is 42.2. The molecule has 0 aliphatic rings. The molecule has 0 saturated heterocycles. The number of halogens is 6. The lowest BCUT2D eigenvalue weighted by molar-refractivity contribution is -0.156. The molecule has 0 aromatic heterocycles. The van der Waals surface area contributed by atoms with Crippen molar-refractivity contribution in [3.8, 4) is 11.5 Å². The zero-order chi connectivity index (χ0) is 36.3. The van der Waals surface area contributed by atoms with E-state index in [2.05, 4.69) is 13.8 Å². The van der Waals surface area contributed by atoms with Gasteiger partial charge in [0, 0.05) is 0 Å². The van der Waals surface area contributed by atoms with Crippen LogP contribution in [0.2, 0.25) is 30.1 Å². The van der Waals surface area contributed by atoms with Gasteiger partial charge in [0.05, 0.1) is 43.3 Å². The van der Waals surface area contributed by atoms with Gasteiger partial charge >= 0.3 is 23.9 Å². The molecule has 0 aliphatic heterocycles. The van der Waals surface area contributed by atoms with Crippen LogP contribution in [0.1, 0.15) is 101 Å². The van der Waals surface area contributed by atoms with E-state index in [0.29, 0.717) is 0 Å². The Labute approximate surface area is 311 Å². The summed E-state index contributed by atoms with van der Waals surface area (Å²) < 4.78 is 21.5. The predicted molar refractivity (Wildman–Crippen MR) is 190 cm³/mol. The summed E-state index contributed by atoms with van der Waals surface area (Å²) in [5, 5.41) is -1.50. The van der Waals surface area contributed by atoms with E-state index < -0.39 is 46.5 Å². The van der Waals surface area contributed by atoms with E-state index in [-0.39, 0.29) is 67.0 Å². The second-order valence-corrected chi connectivity index (χ2v) is 13.9. The van der Waals surface area contributed by atoms with Crippen LogP contribution in [-0.2, 0) is 19.1 Å². The van der Waals surface area contributed by atoms with Crippen LogP contribution in [0, 0.1) is 23.7 Å². The van der Waals surface area contributed by atoms with Crippen molar-refractivity contribution in [1.82, 2.24) is 0 Å². The van der Waals surface area contributed by atoms with E-state index in [1.807, 2.05) is 27.7 Å². The van der Waals surface area contributed by atoms with E-state index in [1.165, 1.54) is 0 Å². The van der Waals surface area contributed by atoms with E-state index in [9.17, 15) is 19.2 Å². The summed E-state index contributed by atoms with van der Waals surface area (Å²) in [5.74, 6) is -5.76. The first-order valence-electron chi connectivity index (χ1n) is 15.8. The maximum atomic E-state index is 13.3. The largest absolute Gasteiger partial charge is 0.462 e. The quantitative estimate of drug-likeness (QED) is 0.0716. The fourth-order valence-electron chi connectivity index (χ4n) is 4.97. The van der Waals surface area contributed by atoms with Crippen LogP contribution in [0.4, 0.5) is 0 Å². The van der Waals surface area contributed by atoms with E-state index in [0.717, 1.165) is 50.7 Å². The minimum atomic E-state index is -1.64. The molecule has 0 heterocycles. The Hall–Kier alpha value is -1.94. The molecule has 4 atom stereocenters. The van der Waals surface area contributed by atoms with Gasteiger partial charge in [-0.3, -0.25) is 0 Å². The molecule has 2 aromatic carbocycles. The minimum absolute atomic E-state index is 0.0581. The molecule has 2 aromatic rings. The number of esters is 4. The number of hydrogen-bond donors (Lipinski definition) is 0. The van der Waals surface area contributed by atoms with Gasteiger partial charge in [-0.2, -0.15) is 0 Å². The van der Waals surface area contributed by atoms with Crippen LogP contribution >= 0.6 is 69.6 Å². The van der Waals surface area contributed by atoms with Crippen LogP contribution in [0.25, 0.3) is 0 Å². The van der Waals surface area contributed by atoms with Gasteiger partial charge in [0.1, 0.15) is 11.1 Å². The van der Waals surface area contributed by atoms with Gasteiger partial charge in [0.25, 0.3) is 0 Å². The fraction of sp³-hybridized carbons (Fsp3) is 0.529. The fourth-order valence-corrected chi connectivity index (χ4v) is 6.41. The van der Waals surface area contributed by atoms with Crippen LogP contribution in [0.5, 0.6) is 11.5 Å². The van der Waals surface area contributed by atoms with Crippen molar-refractivity contribution in [2.75, 3.05) is 13.2 Å². The third-order valence-electron chi connectivity index (χ3n) is 8.29. The standard InChI is InChI=1S/C34H40Cl6O8/c1-7-11-19(17(5)9-3)15-45-31(41)25-27(39)21(35)13-23(37)29(25)47-33(43)34(44)48-30-24(38)14-22(36)28(40)26(30)32(42)46-16-20(12-8-2)18(6)10-4/h13-14,17-20H,7-12,15-16H2,1-6H3. The van der Waals surface area contributed by atoms with Gasteiger partial charge < -0.3 is 18.9 Å². The third-order valence-corrected chi connectivity index (χ3v) is 10.4. The molecule has 0 saturated carbocycles. The molecule has 14 heteroatoms. The Morgan fingerprint density at radius 3 is 1.21 bits per heavy atom. The van der Waals surface area contributed by atoms with Gasteiger partial charge in [-0.25, -0.2) is 19.2 Å². The highest BCUT2D eigenvalue weighted by molar-refractivity contribution is 6.47. The molecule has 8 nitrogen and oxygen atoms in total. The Bertz CT molecular complexity index is 1370. The monoisotopic (exact) mass is 786 g/mol. The SMILES string of the molecule is CCCC(COC(=O)c1c(Cl)c(Cl)cc(Cl)c1OC(=O)C(=O)Oc1c(Cl)cc(Cl)c(Cl)c1C(=O)OCC(CCC)C(C)CC)C(C)CC. The van der Waals surface area contributed by atoms with Crippen molar-refractivity contribution >= 4 is 93.5 Å². The smallest absolute Gasteiger partial charge is 0.423 e. The van der Waals surface area contributed by atoms with Crippen LogP contribution in [-0.4, -0.2) is 37.1 Å². The summed E-state index contributed by atoms with van der Waals surface area (Å²) in [5.41, 5.74) is -0.927. The van der Waals surface area contributed by atoms with Gasteiger partial charge in [-0.1, -0.05) is 137 Å². The molecular formula is C34H40Cl6O8. The highest BCUT2D eigenvalue weighted by atomic mass is 35.5. The minimum Gasteiger partial charge on any atom is -0.462 e. The number of ether oxygens (including phenoxy) is 4. The molecule has 0 fully saturated rings. The Morgan fingerprint density at radius 1 is 0.583 bits per heavy atom. The van der Waals surface area contributed by atoms with Gasteiger partial charge in [-0.15, -0.1) is 0 Å². The number of hydrogen-bond acceptors (Lipinski definition) is 8. The Kier molecular flexibility index (Phi) is 17.6. The number of carbonyl (C=O) groups is 4. The van der Waals surface area contributed by atoms with Gasteiger partial charge in [-0.05, 0) is 48.6 Å². The molecule has 0 aliphatic carbocycles. The summed E-state index contributed by atoms with van der Waals surface area (Å²) in [6.07, 6.45) is 5.11. The first-order valence-corrected chi connectivity index (χ1v) is 18.0. The Morgan fingerprint density at radius 2 is 0.917 bits per heavy atom. The summed E-state index contributed by atoms with van der Waals surface area (Å²) >= 11 is 37.6. The maximum Gasteiger partial charge on any atom is 0.423 e. The molecule has 0 N–H and O–H groups in total. The summed E-state index contributed by atoms with van der Waals surface area (Å²) in [6.45, 7) is 12.3. The first-order chi connectivity index (χ1) is 22.6. The highest BCUT2D eigenvalue weighted by Crippen LogP contribution is 2.42. The van der Waals surface area contributed by atoms with Crippen LogP contribution in [0.15, 0.2) is 12.1 Å². The summed E-state index contributed by atoms with van der Waals surface area (Å²) in [4.78, 5) is 52.7. The van der Waals surface area contributed by atoms with Crippen LogP contribution < -0.4 is 9.47 Å². The summed E-state index contributed by atoms with van der Waals surface area (Å²) in [7, 11) is 0. The van der Waals surface area contributed by atoms with Crippen molar-refractivity contribution in [1.29, 1.82) is 0 Å². The normalized spacial score (nSPS) is 13.7. The lowest BCUT2D eigenvalue weighted by atomic mass is 9.89. The maximum absolute atomic E-state index is 13.3. The number of rotatable bonds is 16. The molecule has 4 unspecified atom stereocenters. The van der Waals surface area contributed by atoms with Crippen molar-refractivity contribution in [3.63, 3.8) is 0 Å². The lowest BCUT2D eigenvalue weighted by Gasteiger charge is -2.23. The van der Waals surface area contributed by atoms with Gasteiger partial charge in [0.2, 0.25) is 0 Å². The second-order valence-electron chi connectivity index (χ2n) is 11.6. The molecule has 0 bridgehead atoms. The lowest BCUT2D eigenvalue weighted by Crippen LogP contribution is -2.28. The molecule has 48 heavy (non-hydrogen) atoms. The molecule has 0 amide bonds. The number of benzene rings is 2. The van der Waals surface area contributed by atoms with Crippen molar-refractivity contribution in [2.24, 2.45) is 23.7 Å². The molecule has 0 radical (unpaired) electrons. The predicted octanol–water partition coefficient (Wildman–Crippen LogP) is 11.4. The summed E-state index contributed by atoms with van der Waals surface area (Å²) in [6, 6.07) is 2.26. The van der Waals surface area contributed by atoms with Gasteiger partial charge in [0.15, 0.2) is 11.5 Å². The van der Waals surface area contributed by atoms with E-state index in [4.69, 9.17) is 88.6 Å². The topological polar surface area (TPSA) is 105 Å². The average Bonchev–Trinajstić information content (AvgIpc) is 3.05. The Balaban J connectivity index is 2.39. The van der Waals surface area contributed by atoms with Crippen molar-refractivity contribution < 1.29 is 38.1 Å². The molecular weight excluding hydrogens is 749 g/mol. The molecule has 2 rings (SSSR count). The van der Waals surface area contributed by atoms with Crippen LogP contribution in [0.3, 0.4) is 0 Å². The second kappa shape index (κ2) is 20.0. The molecule has 266 valence electrons. The van der Waals surface area contributed by atoms with Crippen molar-refractivity contribution in [2.45, 2.75) is 80.1 Å². The number of carbonyl (C=O) groups excluding carboxylic acids is 4.